The number of pyridine rings is 1. The average molecular weight is 229 g/mol. The average Bonchev–Trinajstić information content (AvgIpc) is 2.32. The highest BCUT2D eigenvalue weighted by atomic mass is 14.9. The van der Waals surface area contributed by atoms with Crippen LogP contribution in [0.1, 0.15) is 45.2 Å². The second-order valence-corrected chi connectivity index (χ2v) is 5.47. The van der Waals surface area contributed by atoms with Gasteiger partial charge in [-0.1, -0.05) is 26.7 Å². The van der Waals surface area contributed by atoms with Crippen LogP contribution in [0.15, 0.2) is 18.3 Å². The van der Waals surface area contributed by atoms with E-state index in [1.807, 2.05) is 12.1 Å². The molecule has 1 aromatic heterocycles. The summed E-state index contributed by atoms with van der Waals surface area (Å²) in [5.74, 6) is 0. The van der Waals surface area contributed by atoms with Crippen LogP contribution in [0.25, 0.3) is 0 Å². The third-order valence-corrected chi connectivity index (χ3v) is 3.72. The van der Waals surface area contributed by atoms with Gasteiger partial charge in [0.05, 0.1) is 0 Å². The number of aromatic nitrogens is 1. The molecule has 1 N–H and O–H groups in total. The van der Waals surface area contributed by atoms with Crippen molar-refractivity contribution in [2.24, 2.45) is 5.41 Å². The first-order valence-corrected chi connectivity index (χ1v) is 6.24. The molecule has 90 valence electrons. The van der Waals surface area contributed by atoms with Crippen LogP contribution in [0.2, 0.25) is 0 Å². The van der Waals surface area contributed by atoms with E-state index in [2.05, 4.69) is 30.2 Å². The van der Waals surface area contributed by atoms with Gasteiger partial charge >= 0.3 is 0 Å². The second kappa shape index (κ2) is 4.75. The Kier molecular flexibility index (Phi) is 3.33. The Morgan fingerprint density at radius 1 is 1.47 bits per heavy atom. The zero-order chi connectivity index (χ0) is 12.3. The molecular formula is C14H19N3. The lowest BCUT2D eigenvalue weighted by Crippen LogP contribution is -2.38. The highest BCUT2D eigenvalue weighted by Crippen LogP contribution is 2.37. The van der Waals surface area contributed by atoms with E-state index >= 15 is 0 Å². The zero-order valence-corrected chi connectivity index (χ0v) is 10.5. The van der Waals surface area contributed by atoms with Gasteiger partial charge in [-0.25, -0.2) is 4.98 Å². The number of nitrogens with zero attached hydrogens (tertiary/aromatic N) is 2. The predicted molar refractivity (Wildman–Crippen MR) is 68.6 cm³/mol. The summed E-state index contributed by atoms with van der Waals surface area (Å²) in [5, 5.41) is 12.4. The molecule has 1 heterocycles. The van der Waals surface area contributed by atoms with Crippen molar-refractivity contribution in [1.29, 1.82) is 5.26 Å². The van der Waals surface area contributed by atoms with Crippen molar-refractivity contribution in [3.8, 4) is 6.07 Å². The van der Waals surface area contributed by atoms with E-state index in [4.69, 9.17) is 5.26 Å². The van der Waals surface area contributed by atoms with Gasteiger partial charge in [-0.05, 0) is 30.4 Å². The highest BCUT2D eigenvalue weighted by molar-refractivity contribution is 5.47. The molecule has 0 saturated heterocycles. The normalized spacial score (nSPS) is 22.8. The van der Waals surface area contributed by atoms with Crippen molar-refractivity contribution in [2.45, 2.75) is 45.6 Å². The summed E-state index contributed by atoms with van der Waals surface area (Å²) >= 11 is 0. The molecule has 1 aliphatic rings. The first kappa shape index (κ1) is 11.9. The maximum absolute atomic E-state index is 8.83. The van der Waals surface area contributed by atoms with E-state index in [1.165, 1.54) is 25.7 Å². The molecule has 0 aromatic carbocycles. The van der Waals surface area contributed by atoms with Crippen molar-refractivity contribution >= 4 is 5.69 Å². The van der Waals surface area contributed by atoms with Gasteiger partial charge in [-0.15, -0.1) is 0 Å². The summed E-state index contributed by atoms with van der Waals surface area (Å²) in [6, 6.07) is 6.33. The third kappa shape index (κ3) is 2.76. The molecule has 1 aromatic rings. The molecule has 1 unspecified atom stereocenters. The van der Waals surface area contributed by atoms with Gasteiger partial charge in [0.2, 0.25) is 0 Å². The number of hydrogen-bond donors (Lipinski definition) is 1. The Bertz CT molecular complexity index is 431. The summed E-state index contributed by atoms with van der Waals surface area (Å²) in [7, 11) is 0. The zero-order valence-electron chi connectivity index (χ0n) is 10.5. The molecule has 1 aliphatic carbocycles. The van der Waals surface area contributed by atoms with Crippen LogP contribution < -0.4 is 5.32 Å². The first-order chi connectivity index (χ1) is 8.12. The van der Waals surface area contributed by atoms with Gasteiger partial charge in [0.15, 0.2) is 0 Å². The van der Waals surface area contributed by atoms with Gasteiger partial charge in [0.1, 0.15) is 11.8 Å². The molecular weight excluding hydrogens is 210 g/mol. The Hall–Kier alpha value is -1.56. The fourth-order valence-electron chi connectivity index (χ4n) is 2.54. The molecule has 0 radical (unpaired) electrons. The van der Waals surface area contributed by atoms with Crippen molar-refractivity contribution in [3.63, 3.8) is 0 Å². The number of anilines is 1. The summed E-state index contributed by atoms with van der Waals surface area (Å²) < 4.78 is 0. The molecule has 3 heteroatoms. The number of rotatable bonds is 2. The molecule has 1 saturated carbocycles. The van der Waals surface area contributed by atoms with Gasteiger partial charge in [-0.3, -0.25) is 0 Å². The van der Waals surface area contributed by atoms with Crippen LogP contribution in [0.5, 0.6) is 0 Å². The minimum Gasteiger partial charge on any atom is -0.382 e. The number of nitriles is 1. The van der Waals surface area contributed by atoms with E-state index < -0.39 is 0 Å². The summed E-state index contributed by atoms with van der Waals surface area (Å²) in [6.45, 7) is 4.63. The van der Waals surface area contributed by atoms with Gasteiger partial charge in [0, 0.05) is 17.9 Å². The van der Waals surface area contributed by atoms with E-state index in [1.54, 1.807) is 6.20 Å². The summed E-state index contributed by atoms with van der Waals surface area (Å²) in [5.41, 5.74) is 1.81. The largest absolute Gasteiger partial charge is 0.382 e. The monoisotopic (exact) mass is 229 g/mol. The minimum atomic E-state index is 0.328. The second-order valence-electron chi connectivity index (χ2n) is 5.47. The van der Waals surface area contributed by atoms with Crippen molar-refractivity contribution in [2.75, 3.05) is 5.32 Å². The lowest BCUT2D eigenvalue weighted by atomic mass is 9.73. The summed E-state index contributed by atoms with van der Waals surface area (Å²) in [4.78, 5) is 3.99. The van der Waals surface area contributed by atoms with Crippen molar-refractivity contribution in [3.05, 3.63) is 24.0 Å². The van der Waals surface area contributed by atoms with Gasteiger partial charge in [0.25, 0.3) is 0 Å². The van der Waals surface area contributed by atoms with Crippen LogP contribution in [0.3, 0.4) is 0 Å². The predicted octanol–water partition coefficient (Wildman–Crippen LogP) is 3.33. The standard InChI is InChI=1S/C14H19N3/c1-14(2)7-4-3-5-13(14)17-11-6-8-16-12(9-11)10-15/h6,8-9,13H,3-5,7H2,1-2H3,(H,16,17). The lowest BCUT2D eigenvalue weighted by Gasteiger charge is -2.39. The molecule has 1 atom stereocenters. The number of hydrogen-bond acceptors (Lipinski definition) is 3. The SMILES string of the molecule is CC1(C)CCCCC1Nc1ccnc(C#N)c1. The molecule has 17 heavy (non-hydrogen) atoms. The molecule has 3 nitrogen and oxygen atoms in total. The molecule has 0 aliphatic heterocycles. The quantitative estimate of drug-likeness (QED) is 0.846. The van der Waals surface area contributed by atoms with Crippen LogP contribution in [-0.2, 0) is 0 Å². The molecule has 1 fully saturated rings. The topological polar surface area (TPSA) is 48.7 Å². The molecule has 0 amide bonds. The fraction of sp³-hybridized carbons (Fsp3) is 0.571. The van der Waals surface area contributed by atoms with Crippen LogP contribution in [0.4, 0.5) is 5.69 Å². The maximum atomic E-state index is 8.83. The van der Waals surface area contributed by atoms with E-state index in [0.717, 1.165) is 5.69 Å². The first-order valence-electron chi connectivity index (χ1n) is 6.24. The molecule has 0 spiro atoms. The third-order valence-electron chi connectivity index (χ3n) is 3.72. The molecule has 0 bridgehead atoms. The Morgan fingerprint density at radius 3 is 3.00 bits per heavy atom. The highest BCUT2D eigenvalue weighted by Gasteiger charge is 2.31. The Morgan fingerprint density at radius 2 is 2.29 bits per heavy atom. The van der Waals surface area contributed by atoms with E-state index in [0.29, 0.717) is 17.2 Å². The maximum Gasteiger partial charge on any atom is 0.142 e. The fourth-order valence-corrected chi connectivity index (χ4v) is 2.54. The summed E-state index contributed by atoms with van der Waals surface area (Å²) in [6.07, 6.45) is 6.77. The molecule has 2 rings (SSSR count). The van der Waals surface area contributed by atoms with Gasteiger partial charge < -0.3 is 5.32 Å². The Labute approximate surface area is 103 Å². The Balaban J connectivity index is 2.12. The van der Waals surface area contributed by atoms with Crippen LogP contribution >= 0.6 is 0 Å². The van der Waals surface area contributed by atoms with Crippen molar-refractivity contribution < 1.29 is 0 Å². The van der Waals surface area contributed by atoms with Crippen molar-refractivity contribution in [1.82, 2.24) is 4.98 Å². The van der Waals surface area contributed by atoms with E-state index in [9.17, 15) is 0 Å². The van der Waals surface area contributed by atoms with Crippen LogP contribution in [-0.4, -0.2) is 11.0 Å². The van der Waals surface area contributed by atoms with E-state index in [-0.39, 0.29) is 0 Å². The van der Waals surface area contributed by atoms with Crippen LogP contribution in [0, 0.1) is 16.7 Å². The minimum absolute atomic E-state index is 0.328. The lowest BCUT2D eigenvalue weighted by molar-refractivity contribution is 0.217. The smallest absolute Gasteiger partial charge is 0.142 e. The number of nitrogens with one attached hydrogen (secondary N) is 1. The van der Waals surface area contributed by atoms with Gasteiger partial charge in [-0.2, -0.15) is 5.26 Å².